The van der Waals surface area contributed by atoms with Gasteiger partial charge in [-0.2, -0.15) is 4.68 Å². The molecule has 27 heavy (non-hydrogen) atoms. The normalized spacial score (nSPS) is 12.5. The molecule has 0 aliphatic heterocycles. The van der Waals surface area contributed by atoms with Gasteiger partial charge < -0.3 is 5.32 Å². The van der Waals surface area contributed by atoms with E-state index in [9.17, 15) is 13.2 Å². The molecule has 1 aromatic heterocycles. The Labute approximate surface area is 170 Å². The molecule has 1 unspecified atom stereocenters. The van der Waals surface area contributed by atoms with Crippen LogP contribution in [0.1, 0.15) is 21.2 Å². The molecule has 0 fully saturated rings. The van der Waals surface area contributed by atoms with Crippen LogP contribution >= 0.6 is 22.6 Å². The van der Waals surface area contributed by atoms with Gasteiger partial charge in [0.2, 0.25) is 0 Å². The molecule has 1 N–H and O–H groups in total. The number of amides is 1. The maximum atomic E-state index is 12.7. The molecule has 8 nitrogen and oxygen atoms in total. The van der Waals surface area contributed by atoms with Crippen molar-refractivity contribution < 1.29 is 13.2 Å². The van der Waals surface area contributed by atoms with Crippen LogP contribution in [0.3, 0.4) is 0 Å². The molecule has 3 rings (SSSR count). The Kier molecular flexibility index (Phi) is 5.85. The molecule has 0 saturated heterocycles. The minimum atomic E-state index is -3.41. The highest BCUT2D eigenvalue weighted by Crippen LogP contribution is 2.22. The average molecular weight is 497 g/mol. The highest BCUT2D eigenvalue weighted by atomic mass is 127. The van der Waals surface area contributed by atoms with Crippen molar-refractivity contribution in [2.45, 2.75) is 5.25 Å². The van der Waals surface area contributed by atoms with Gasteiger partial charge in [-0.15, -0.1) is 5.10 Å². The molecular weight excluding hydrogens is 481 g/mol. The van der Waals surface area contributed by atoms with Gasteiger partial charge in [0.1, 0.15) is 11.6 Å². The predicted octanol–water partition coefficient (Wildman–Crippen LogP) is 1.78. The first kappa shape index (κ1) is 19.4. The van der Waals surface area contributed by atoms with E-state index >= 15 is 0 Å². The fourth-order valence-corrected chi connectivity index (χ4v) is 4.14. The second-order valence-corrected chi connectivity index (χ2v) is 9.33. The topological polar surface area (TPSA) is 107 Å². The Bertz CT molecular complexity index is 1040. The van der Waals surface area contributed by atoms with Gasteiger partial charge in [-0.05, 0) is 56.8 Å². The smallest absolute Gasteiger partial charge is 0.253 e. The number of benzene rings is 2. The summed E-state index contributed by atoms with van der Waals surface area (Å²) in [6.07, 6.45) is 2.56. The van der Waals surface area contributed by atoms with Crippen molar-refractivity contribution in [3.63, 3.8) is 0 Å². The van der Waals surface area contributed by atoms with Crippen LogP contribution in [0, 0.1) is 3.57 Å². The molecule has 0 bridgehead atoms. The van der Waals surface area contributed by atoms with Crippen molar-refractivity contribution in [2.24, 2.45) is 0 Å². The second-order valence-electron chi connectivity index (χ2n) is 5.85. The number of hydrogen-bond donors (Lipinski definition) is 1. The van der Waals surface area contributed by atoms with E-state index in [1.165, 1.54) is 11.0 Å². The number of nitrogens with one attached hydrogen (secondary N) is 1. The van der Waals surface area contributed by atoms with Crippen LogP contribution in [-0.4, -0.2) is 47.3 Å². The van der Waals surface area contributed by atoms with Crippen molar-refractivity contribution in [3.05, 3.63) is 69.6 Å². The van der Waals surface area contributed by atoms with Gasteiger partial charge in [0, 0.05) is 16.4 Å². The van der Waals surface area contributed by atoms with Crippen LogP contribution < -0.4 is 5.32 Å². The summed E-state index contributed by atoms with van der Waals surface area (Å²) in [6, 6.07) is 14.0. The lowest BCUT2D eigenvalue weighted by molar-refractivity contribution is 0.0953. The van der Waals surface area contributed by atoms with Crippen LogP contribution in [0.2, 0.25) is 0 Å². The third-order valence-electron chi connectivity index (χ3n) is 3.94. The zero-order chi connectivity index (χ0) is 19.4. The number of nitrogens with zero attached hydrogens (tertiary/aromatic N) is 4. The molecular formula is C17H16IN5O3S. The lowest BCUT2D eigenvalue weighted by Gasteiger charge is -2.17. The van der Waals surface area contributed by atoms with Crippen LogP contribution in [0.25, 0.3) is 5.69 Å². The zero-order valence-corrected chi connectivity index (χ0v) is 17.3. The summed E-state index contributed by atoms with van der Waals surface area (Å²) in [6.45, 7) is -0.0390. The van der Waals surface area contributed by atoms with Crippen LogP contribution in [-0.2, 0) is 9.84 Å². The molecule has 1 amide bonds. The van der Waals surface area contributed by atoms with E-state index in [0.717, 1.165) is 9.83 Å². The number of tetrazole rings is 1. The van der Waals surface area contributed by atoms with Crippen molar-refractivity contribution in [1.29, 1.82) is 0 Å². The zero-order valence-electron chi connectivity index (χ0n) is 14.3. The standard InChI is InChI=1S/C17H16IN5O3S/c1-27(25,26)16(12-5-3-2-4-6-12)10-19-17(24)14-8-7-13(18)9-15(14)23-11-20-21-22-23/h2-9,11,16H,10H2,1H3,(H,19,24). The first-order chi connectivity index (χ1) is 12.9. The van der Waals surface area contributed by atoms with E-state index in [4.69, 9.17) is 0 Å². The molecule has 2 aromatic carbocycles. The third-order valence-corrected chi connectivity index (χ3v) is 6.08. The minimum Gasteiger partial charge on any atom is -0.350 e. The number of rotatable bonds is 6. The number of sulfone groups is 1. The maximum absolute atomic E-state index is 12.7. The van der Waals surface area contributed by atoms with Gasteiger partial charge in [-0.1, -0.05) is 30.3 Å². The third kappa shape index (κ3) is 4.69. The fraction of sp³-hybridized carbons (Fsp3) is 0.176. The molecule has 0 spiro atoms. The summed E-state index contributed by atoms with van der Waals surface area (Å²) in [7, 11) is -3.41. The van der Waals surface area contributed by atoms with Gasteiger partial charge in [0.15, 0.2) is 9.84 Å². The van der Waals surface area contributed by atoms with Crippen molar-refractivity contribution in [3.8, 4) is 5.69 Å². The monoisotopic (exact) mass is 497 g/mol. The molecule has 0 aliphatic carbocycles. The quantitative estimate of drug-likeness (QED) is 0.521. The van der Waals surface area contributed by atoms with E-state index < -0.39 is 21.0 Å². The van der Waals surface area contributed by atoms with Crippen LogP contribution in [0.5, 0.6) is 0 Å². The Hall–Kier alpha value is -2.34. The van der Waals surface area contributed by atoms with Gasteiger partial charge in [0.25, 0.3) is 5.91 Å². The largest absolute Gasteiger partial charge is 0.350 e. The number of aromatic nitrogens is 4. The summed E-state index contributed by atoms with van der Waals surface area (Å²) < 4.78 is 26.7. The summed E-state index contributed by atoms with van der Waals surface area (Å²) in [5.74, 6) is -0.401. The molecule has 140 valence electrons. The Morgan fingerprint density at radius 3 is 2.59 bits per heavy atom. The van der Waals surface area contributed by atoms with Gasteiger partial charge in [0.05, 0.1) is 11.3 Å². The van der Waals surface area contributed by atoms with Crippen molar-refractivity contribution >= 4 is 38.3 Å². The molecule has 10 heteroatoms. The Balaban J connectivity index is 1.85. The summed E-state index contributed by atoms with van der Waals surface area (Å²) in [4.78, 5) is 12.7. The number of carbonyl (C=O) groups excluding carboxylic acids is 1. The van der Waals surface area contributed by atoms with E-state index in [0.29, 0.717) is 16.8 Å². The summed E-state index contributed by atoms with van der Waals surface area (Å²) in [5, 5.41) is 12.9. The number of halogens is 1. The van der Waals surface area contributed by atoms with Gasteiger partial charge in [-0.25, -0.2) is 8.42 Å². The van der Waals surface area contributed by atoms with E-state index in [1.807, 2.05) is 6.07 Å². The lowest BCUT2D eigenvalue weighted by atomic mass is 10.1. The lowest BCUT2D eigenvalue weighted by Crippen LogP contribution is -2.32. The Morgan fingerprint density at radius 1 is 1.22 bits per heavy atom. The van der Waals surface area contributed by atoms with Crippen molar-refractivity contribution in [2.75, 3.05) is 12.8 Å². The summed E-state index contributed by atoms with van der Waals surface area (Å²) in [5.41, 5.74) is 1.49. The van der Waals surface area contributed by atoms with Crippen LogP contribution in [0.15, 0.2) is 54.9 Å². The van der Waals surface area contributed by atoms with E-state index in [-0.39, 0.29) is 6.54 Å². The average Bonchev–Trinajstić information content (AvgIpc) is 3.16. The summed E-state index contributed by atoms with van der Waals surface area (Å²) >= 11 is 2.13. The highest BCUT2D eigenvalue weighted by Gasteiger charge is 2.24. The van der Waals surface area contributed by atoms with Gasteiger partial charge in [-0.3, -0.25) is 4.79 Å². The van der Waals surface area contributed by atoms with E-state index in [1.54, 1.807) is 42.5 Å². The SMILES string of the molecule is CS(=O)(=O)C(CNC(=O)c1ccc(I)cc1-n1cnnn1)c1ccccc1. The molecule has 0 aliphatic rings. The highest BCUT2D eigenvalue weighted by molar-refractivity contribution is 14.1. The molecule has 3 aromatic rings. The van der Waals surface area contributed by atoms with Crippen LogP contribution in [0.4, 0.5) is 0 Å². The van der Waals surface area contributed by atoms with E-state index in [2.05, 4.69) is 43.4 Å². The number of carbonyl (C=O) groups is 1. The fourth-order valence-electron chi connectivity index (χ4n) is 2.62. The molecule has 0 radical (unpaired) electrons. The van der Waals surface area contributed by atoms with Crippen molar-refractivity contribution in [1.82, 2.24) is 25.5 Å². The first-order valence-electron chi connectivity index (χ1n) is 7.91. The Morgan fingerprint density at radius 2 is 1.96 bits per heavy atom. The van der Waals surface area contributed by atoms with Gasteiger partial charge >= 0.3 is 0 Å². The maximum Gasteiger partial charge on any atom is 0.253 e. The predicted molar refractivity (Wildman–Crippen MR) is 108 cm³/mol. The first-order valence-corrected chi connectivity index (χ1v) is 10.9. The number of hydrogen-bond acceptors (Lipinski definition) is 6. The molecule has 0 saturated carbocycles. The molecule has 1 heterocycles. The molecule has 1 atom stereocenters. The minimum absolute atomic E-state index is 0.0390. The second kappa shape index (κ2) is 8.13.